The Kier molecular flexibility index (Phi) is 4.04. The number of para-hydroxylation sites is 1. The molecule has 7 heteroatoms. The molecule has 112 valence electrons. The van der Waals surface area contributed by atoms with Crippen LogP contribution in [0.4, 0.5) is 18.9 Å². The largest absolute Gasteiger partial charge is 0.454 e. The first kappa shape index (κ1) is 15.1. The van der Waals surface area contributed by atoms with Crippen molar-refractivity contribution < 1.29 is 22.4 Å². The van der Waals surface area contributed by atoms with Crippen molar-refractivity contribution in [3.05, 3.63) is 53.5 Å². The van der Waals surface area contributed by atoms with Gasteiger partial charge >= 0.3 is 6.18 Å². The third-order valence-corrected chi connectivity index (χ3v) is 2.78. The molecule has 21 heavy (non-hydrogen) atoms. The lowest BCUT2D eigenvalue weighted by Gasteiger charge is -2.12. The zero-order valence-electron chi connectivity index (χ0n) is 11.1. The van der Waals surface area contributed by atoms with Gasteiger partial charge in [0, 0.05) is 0 Å². The van der Waals surface area contributed by atoms with Crippen LogP contribution >= 0.6 is 0 Å². The van der Waals surface area contributed by atoms with Crippen molar-refractivity contribution >= 4 is 11.6 Å². The Bertz CT molecular complexity index is 648. The Morgan fingerprint density at radius 1 is 1.24 bits per heavy atom. The van der Waals surface area contributed by atoms with Gasteiger partial charge in [0.2, 0.25) is 0 Å². The second kappa shape index (κ2) is 5.61. The van der Waals surface area contributed by atoms with Crippen LogP contribution in [0.3, 0.4) is 0 Å². The third-order valence-electron chi connectivity index (χ3n) is 2.78. The molecule has 2 aromatic rings. The highest BCUT2D eigenvalue weighted by molar-refractivity contribution is 6.02. The summed E-state index contributed by atoms with van der Waals surface area (Å²) in [5, 5.41) is 2.19. The number of hydrogen-bond acceptors (Lipinski definition) is 3. The molecule has 0 saturated carbocycles. The second-order valence-electron chi connectivity index (χ2n) is 4.49. The van der Waals surface area contributed by atoms with Gasteiger partial charge in [-0.1, -0.05) is 12.1 Å². The summed E-state index contributed by atoms with van der Waals surface area (Å²) < 4.78 is 43.6. The van der Waals surface area contributed by atoms with Crippen molar-refractivity contribution in [1.82, 2.24) is 0 Å². The van der Waals surface area contributed by atoms with Crippen molar-refractivity contribution in [1.29, 1.82) is 0 Å². The summed E-state index contributed by atoms with van der Waals surface area (Å²) in [7, 11) is 0. The Morgan fingerprint density at radius 3 is 2.48 bits per heavy atom. The summed E-state index contributed by atoms with van der Waals surface area (Å²) in [4.78, 5) is 11.9. The fraction of sp³-hybridized carbons (Fsp3) is 0.214. The van der Waals surface area contributed by atoms with Gasteiger partial charge < -0.3 is 15.5 Å². The molecule has 2 rings (SSSR count). The number of nitrogens with two attached hydrogens (primary N) is 1. The Hall–Kier alpha value is -2.28. The minimum atomic E-state index is -4.55. The van der Waals surface area contributed by atoms with Gasteiger partial charge in [0.1, 0.15) is 5.76 Å². The zero-order valence-corrected chi connectivity index (χ0v) is 11.1. The average Bonchev–Trinajstić information content (AvgIpc) is 2.88. The number of benzene rings is 1. The van der Waals surface area contributed by atoms with E-state index in [2.05, 4.69) is 5.32 Å². The number of halogens is 3. The van der Waals surface area contributed by atoms with E-state index in [9.17, 15) is 18.0 Å². The van der Waals surface area contributed by atoms with Crippen LogP contribution in [0.2, 0.25) is 0 Å². The number of rotatable bonds is 3. The molecule has 1 aromatic carbocycles. The lowest BCUT2D eigenvalue weighted by Crippen LogP contribution is -2.16. The summed E-state index contributed by atoms with van der Waals surface area (Å²) >= 11 is 0. The van der Waals surface area contributed by atoms with E-state index in [1.165, 1.54) is 30.3 Å². The van der Waals surface area contributed by atoms with Gasteiger partial charge in [-0.15, -0.1) is 0 Å². The molecule has 1 unspecified atom stereocenters. The second-order valence-corrected chi connectivity index (χ2v) is 4.49. The van der Waals surface area contributed by atoms with Gasteiger partial charge in [0.25, 0.3) is 5.91 Å². The van der Waals surface area contributed by atoms with Crippen LogP contribution in [0.5, 0.6) is 0 Å². The molecule has 0 radical (unpaired) electrons. The molecule has 0 aliphatic carbocycles. The maximum absolute atomic E-state index is 12.8. The van der Waals surface area contributed by atoms with Crippen LogP contribution in [-0.2, 0) is 6.18 Å². The molecule has 3 N–H and O–H groups in total. The maximum atomic E-state index is 12.8. The first-order valence-corrected chi connectivity index (χ1v) is 6.12. The van der Waals surface area contributed by atoms with Crippen LogP contribution in [0, 0.1) is 0 Å². The van der Waals surface area contributed by atoms with E-state index in [0.717, 1.165) is 6.07 Å². The summed E-state index contributed by atoms with van der Waals surface area (Å²) in [6, 6.07) is 7.19. The van der Waals surface area contributed by atoms with Crippen LogP contribution < -0.4 is 11.1 Å². The van der Waals surface area contributed by atoms with Crippen LogP contribution in [0.1, 0.15) is 34.8 Å². The van der Waals surface area contributed by atoms with E-state index in [4.69, 9.17) is 10.2 Å². The molecule has 4 nitrogen and oxygen atoms in total. The number of alkyl halides is 3. The molecule has 1 heterocycles. The topological polar surface area (TPSA) is 68.3 Å². The molecule has 1 atom stereocenters. The number of carbonyl (C=O) groups is 1. The molecule has 1 amide bonds. The van der Waals surface area contributed by atoms with Gasteiger partial charge in [-0.05, 0) is 31.2 Å². The number of nitrogens with one attached hydrogen (secondary N) is 1. The Balaban J connectivity index is 2.24. The van der Waals surface area contributed by atoms with E-state index in [1.54, 1.807) is 6.92 Å². The van der Waals surface area contributed by atoms with Gasteiger partial charge in [0.15, 0.2) is 5.76 Å². The van der Waals surface area contributed by atoms with Crippen molar-refractivity contribution in [2.24, 2.45) is 5.73 Å². The molecule has 0 spiro atoms. The zero-order chi connectivity index (χ0) is 15.6. The number of furan rings is 1. The summed E-state index contributed by atoms with van der Waals surface area (Å²) in [5.41, 5.74) is 4.34. The first-order valence-electron chi connectivity index (χ1n) is 6.12. The normalized spacial score (nSPS) is 13.0. The van der Waals surface area contributed by atoms with Gasteiger partial charge in [0.05, 0.1) is 17.3 Å². The first-order chi connectivity index (χ1) is 9.79. The number of anilines is 1. The highest BCUT2D eigenvalue weighted by atomic mass is 19.4. The Labute approximate surface area is 118 Å². The number of amides is 1. The van der Waals surface area contributed by atoms with Crippen LogP contribution in [0.25, 0.3) is 0 Å². The minimum Gasteiger partial charge on any atom is -0.454 e. The monoisotopic (exact) mass is 298 g/mol. The number of carbonyl (C=O) groups excluding carboxylic acids is 1. The van der Waals surface area contributed by atoms with E-state index in [1.807, 2.05) is 0 Å². The average molecular weight is 298 g/mol. The third kappa shape index (κ3) is 3.43. The van der Waals surface area contributed by atoms with Crippen LogP contribution in [-0.4, -0.2) is 5.91 Å². The quantitative estimate of drug-likeness (QED) is 0.910. The molecular weight excluding hydrogens is 285 g/mol. The van der Waals surface area contributed by atoms with Crippen molar-refractivity contribution in [3.63, 3.8) is 0 Å². The molecule has 0 fully saturated rings. The standard InChI is InChI=1S/C14H13F3N2O2/c1-8(18)11-6-7-12(21-11)13(20)19-10-5-3-2-4-9(10)14(15,16)17/h2-8H,18H2,1H3,(H,19,20). The summed E-state index contributed by atoms with van der Waals surface area (Å²) in [6.07, 6.45) is -4.55. The smallest absolute Gasteiger partial charge is 0.418 e. The molecule has 0 bridgehead atoms. The van der Waals surface area contributed by atoms with Crippen molar-refractivity contribution in [2.75, 3.05) is 5.32 Å². The van der Waals surface area contributed by atoms with Crippen molar-refractivity contribution in [2.45, 2.75) is 19.1 Å². The maximum Gasteiger partial charge on any atom is 0.418 e. The van der Waals surface area contributed by atoms with Gasteiger partial charge in [-0.2, -0.15) is 13.2 Å². The highest BCUT2D eigenvalue weighted by Crippen LogP contribution is 2.34. The SMILES string of the molecule is CC(N)c1ccc(C(=O)Nc2ccccc2C(F)(F)F)o1. The van der Waals surface area contributed by atoms with Gasteiger partial charge in [-0.25, -0.2) is 0 Å². The lowest BCUT2D eigenvalue weighted by molar-refractivity contribution is -0.136. The fourth-order valence-corrected chi connectivity index (χ4v) is 1.74. The van der Waals surface area contributed by atoms with Gasteiger partial charge in [-0.3, -0.25) is 4.79 Å². The van der Waals surface area contributed by atoms with Crippen molar-refractivity contribution in [3.8, 4) is 0 Å². The molecule has 1 aromatic heterocycles. The predicted octanol–water partition coefficient (Wildman–Crippen LogP) is 3.57. The Morgan fingerprint density at radius 2 is 1.90 bits per heavy atom. The van der Waals surface area contributed by atoms with E-state index < -0.39 is 23.7 Å². The number of hydrogen-bond donors (Lipinski definition) is 2. The fourth-order valence-electron chi connectivity index (χ4n) is 1.74. The molecule has 0 aliphatic rings. The van der Waals surface area contributed by atoms with E-state index in [-0.39, 0.29) is 11.4 Å². The molecule has 0 aliphatic heterocycles. The summed E-state index contributed by atoms with van der Waals surface area (Å²) in [6.45, 7) is 1.67. The van der Waals surface area contributed by atoms with Crippen LogP contribution in [0.15, 0.2) is 40.8 Å². The van der Waals surface area contributed by atoms with E-state index in [0.29, 0.717) is 5.76 Å². The summed E-state index contributed by atoms with van der Waals surface area (Å²) in [5.74, 6) is -0.484. The minimum absolute atomic E-state index is 0.0979. The molecule has 0 saturated heterocycles. The lowest BCUT2D eigenvalue weighted by atomic mass is 10.1. The predicted molar refractivity (Wildman–Crippen MR) is 70.7 cm³/mol. The molecular formula is C14H13F3N2O2. The van der Waals surface area contributed by atoms with E-state index >= 15 is 0 Å². The highest BCUT2D eigenvalue weighted by Gasteiger charge is 2.33.